The van der Waals surface area contributed by atoms with E-state index in [4.69, 9.17) is 4.74 Å². The lowest BCUT2D eigenvalue weighted by Crippen LogP contribution is -2.25. The second kappa shape index (κ2) is 7.11. The van der Waals surface area contributed by atoms with E-state index in [0.29, 0.717) is 6.54 Å². The number of anilines is 1. The highest BCUT2D eigenvalue weighted by atomic mass is 16.6. The summed E-state index contributed by atoms with van der Waals surface area (Å²) in [6.45, 7) is 0.491. The number of nitro benzene ring substituents is 1. The highest BCUT2D eigenvalue weighted by molar-refractivity contribution is 5.62. The summed E-state index contributed by atoms with van der Waals surface area (Å²) >= 11 is 0. The zero-order valence-corrected chi connectivity index (χ0v) is 15.0. The first-order valence-electron chi connectivity index (χ1n) is 8.88. The lowest BCUT2D eigenvalue weighted by atomic mass is 10.0. The first-order chi connectivity index (χ1) is 13.2. The minimum Gasteiger partial charge on any atom is -0.497 e. The highest BCUT2D eigenvalue weighted by Gasteiger charge is 2.31. The quantitative estimate of drug-likeness (QED) is 0.479. The van der Waals surface area contributed by atoms with Gasteiger partial charge in [0.25, 0.3) is 5.69 Å². The number of nitro groups is 1. The molecule has 0 N–H and O–H groups in total. The van der Waals surface area contributed by atoms with Crippen LogP contribution >= 0.6 is 0 Å². The summed E-state index contributed by atoms with van der Waals surface area (Å²) in [7, 11) is 1.65. The number of ether oxygens (including phenoxy) is 1. The molecule has 0 saturated carbocycles. The van der Waals surface area contributed by atoms with Gasteiger partial charge in [-0.15, -0.1) is 0 Å². The average molecular weight is 360 g/mol. The molecular weight excluding hydrogens is 340 g/mol. The molecule has 136 valence electrons. The smallest absolute Gasteiger partial charge is 0.274 e. The molecule has 1 heterocycles. The number of methoxy groups -OCH3 is 1. The van der Waals surface area contributed by atoms with Crippen molar-refractivity contribution in [1.29, 1.82) is 0 Å². The van der Waals surface area contributed by atoms with Crippen LogP contribution in [0.1, 0.15) is 22.7 Å². The van der Waals surface area contributed by atoms with Crippen LogP contribution in [-0.2, 0) is 13.0 Å². The zero-order valence-electron chi connectivity index (χ0n) is 15.0. The monoisotopic (exact) mass is 360 g/mol. The summed E-state index contributed by atoms with van der Waals surface area (Å²) in [5, 5.41) is 11.4. The third-order valence-electron chi connectivity index (χ3n) is 5.12. The van der Waals surface area contributed by atoms with Crippen molar-refractivity contribution in [2.24, 2.45) is 0 Å². The van der Waals surface area contributed by atoms with E-state index in [1.165, 1.54) is 11.1 Å². The maximum atomic E-state index is 11.4. The Morgan fingerprint density at radius 1 is 1.04 bits per heavy atom. The summed E-state index contributed by atoms with van der Waals surface area (Å²) in [4.78, 5) is 13.4. The summed E-state index contributed by atoms with van der Waals surface area (Å²) in [5.74, 6) is 0.819. The van der Waals surface area contributed by atoms with Crippen LogP contribution in [0.4, 0.5) is 11.4 Å². The summed E-state index contributed by atoms with van der Waals surface area (Å²) in [5.41, 5.74) is 4.45. The number of benzene rings is 3. The van der Waals surface area contributed by atoms with E-state index in [-0.39, 0.29) is 16.7 Å². The van der Waals surface area contributed by atoms with Crippen molar-refractivity contribution in [2.75, 3.05) is 12.0 Å². The van der Waals surface area contributed by atoms with Crippen LogP contribution < -0.4 is 9.64 Å². The maximum Gasteiger partial charge on any atom is 0.274 e. The Bertz CT molecular complexity index is 969. The SMILES string of the molecule is COc1ccc([C@@H]2Cc3ccccc3N2Cc2ccccc2[N+](=O)[O-])cc1. The molecule has 1 aliphatic heterocycles. The number of hydrogen-bond acceptors (Lipinski definition) is 4. The van der Waals surface area contributed by atoms with Gasteiger partial charge >= 0.3 is 0 Å². The Hall–Kier alpha value is -3.34. The fourth-order valence-electron chi connectivity index (χ4n) is 3.78. The Kier molecular flexibility index (Phi) is 4.50. The van der Waals surface area contributed by atoms with Crippen molar-refractivity contribution in [2.45, 2.75) is 19.0 Å². The number of rotatable bonds is 5. The normalized spacial score (nSPS) is 15.4. The van der Waals surface area contributed by atoms with Crippen LogP contribution in [-0.4, -0.2) is 12.0 Å². The number of fused-ring (bicyclic) bond motifs is 1. The predicted molar refractivity (Wildman–Crippen MR) is 105 cm³/mol. The van der Waals surface area contributed by atoms with Gasteiger partial charge in [-0.05, 0) is 35.7 Å². The molecule has 0 radical (unpaired) electrons. The van der Waals surface area contributed by atoms with E-state index in [9.17, 15) is 10.1 Å². The van der Waals surface area contributed by atoms with Gasteiger partial charge in [0.05, 0.1) is 24.6 Å². The van der Waals surface area contributed by atoms with Crippen molar-refractivity contribution in [3.05, 3.63) is 99.6 Å². The Morgan fingerprint density at radius 3 is 2.48 bits per heavy atom. The molecule has 0 aliphatic carbocycles. The summed E-state index contributed by atoms with van der Waals surface area (Å²) in [6.07, 6.45) is 0.878. The molecule has 0 aromatic heterocycles. The first kappa shape index (κ1) is 17.1. The molecule has 4 rings (SSSR count). The second-order valence-corrected chi connectivity index (χ2v) is 6.64. The van der Waals surface area contributed by atoms with Gasteiger partial charge in [0.2, 0.25) is 0 Å². The number of hydrogen-bond donors (Lipinski definition) is 0. The minimum absolute atomic E-state index is 0.133. The van der Waals surface area contributed by atoms with Gasteiger partial charge in [-0.1, -0.05) is 48.5 Å². The van der Waals surface area contributed by atoms with E-state index >= 15 is 0 Å². The Labute approximate surface area is 158 Å². The van der Waals surface area contributed by atoms with Crippen LogP contribution in [0.2, 0.25) is 0 Å². The van der Waals surface area contributed by atoms with E-state index in [1.807, 2.05) is 36.4 Å². The van der Waals surface area contributed by atoms with E-state index in [2.05, 4.69) is 29.2 Å². The lowest BCUT2D eigenvalue weighted by Gasteiger charge is -2.28. The maximum absolute atomic E-state index is 11.4. The first-order valence-corrected chi connectivity index (χ1v) is 8.88. The molecule has 0 amide bonds. The standard InChI is InChI=1S/C22H20N2O3/c1-27-19-12-10-16(11-13-19)22-14-17-6-2-4-8-20(17)23(22)15-18-7-3-5-9-21(18)24(25)26/h2-13,22H,14-15H2,1H3/t22-/m0/s1. The van der Waals surface area contributed by atoms with Crippen LogP contribution in [0, 0.1) is 10.1 Å². The average Bonchev–Trinajstić information content (AvgIpc) is 3.07. The third-order valence-corrected chi connectivity index (χ3v) is 5.12. The van der Waals surface area contributed by atoms with Crippen molar-refractivity contribution in [1.82, 2.24) is 0 Å². The van der Waals surface area contributed by atoms with E-state index in [1.54, 1.807) is 19.2 Å². The van der Waals surface area contributed by atoms with Gasteiger partial charge in [-0.3, -0.25) is 10.1 Å². The van der Waals surface area contributed by atoms with Crippen molar-refractivity contribution < 1.29 is 9.66 Å². The zero-order chi connectivity index (χ0) is 18.8. The molecule has 1 aliphatic rings. The van der Waals surface area contributed by atoms with Gasteiger partial charge in [0.1, 0.15) is 5.75 Å². The fourth-order valence-corrected chi connectivity index (χ4v) is 3.78. The van der Waals surface area contributed by atoms with E-state index in [0.717, 1.165) is 23.4 Å². The van der Waals surface area contributed by atoms with Gasteiger partial charge in [-0.2, -0.15) is 0 Å². The fraction of sp³-hybridized carbons (Fsp3) is 0.182. The second-order valence-electron chi connectivity index (χ2n) is 6.64. The lowest BCUT2D eigenvalue weighted by molar-refractivity contribution is -0.385. The molecule has 0 bridgehead atoms. The molecule has 1 atom stereocenters. The van der Waals surface area contributed by atoms with Crippen LogP contribution in [0.5, 0.6) is 5.75 Å². The van der Waals surface area contributed by atoms with Gasteiger partial charge in [0.15, 0.2) is 0 Å². The third kappa shape index (κ3) is 3.24. The van der Waals surface area contributed by atoms with Crippen LogP contribution in [0.15, 0.2) is 72.8 Å². The van der Waals surface area contributed by atoms with Gasteiger partial charge in [0, 0.05) is 17.3 Å². The molecule has 3 aromatic rings. The molecule has 0 spiro atoms. The molecule has 0 unspecified atom stereocenters. The predicted octanol–water partition coefficient (Wildman–Crippen LogP) is 4.91. The summed E-state index contributed by atoms with van der Waals surface area (Å²) < 4.78 is 5.27. The highest BCUT2D eigenvalue weighted by Crippen LogP contribution is 2.42. The van der Waals surface area contributed by atoms with Crippen molar-refractivity contribution in [3.63, 3.8) is 0 Å². The van der Waals surface area contributed by atoms with Crippen LogP contribution in [0.25, 0.3) is 0 Å². The molecule has 5 heteroatoms. The van der Waals surface area contributed by atoms with Gasteiger partial charge in [-0.25, -0.2) is 0 Å². The molecule has 27 heavy (non-hydrogen) atoms. The van der Waals surface area contributed by atoms with Crippen LogP contribution in [0.3, 0.4) is 0 Å². The Morgan fingerprint density at radius 2 is 1.74 bits per heavy atom. The molecule has 0 fully saturated rings. The van der Waals surface area contributed by atoms with E-state index < -0.39 is 0 Å². The molecular formula is C22H20N2O3. The molecule has 5 nitrogen and oxygen atoms in total. The molecule has 3 aromatic carbocycles. The topological polar surface area (TPSA) is 55.6 Å². The molecule has 0 saturated heterocycles. The van der Waals surface area contributed by atoms with Crippen molar-refractivity contribution >= 4 is 11.4 Å². The van der Waals surface area contributed by atoms with Crippen molar-refractivity contribution in [3.8, 4) is 5.75 Å². The summed E-state index contributed by atoms with van der Waals surface area (Å²) in [6, 6.07) is 23.4. The minimum atomic E-state index is -0.306. The number of para-hydroxylation sites is 2. The number of nitrogens with zero attached hydrogens (tertiary/aromatic N) is 2. The Balaban J connectivity index is 1.73. The largest absolute Gasteiger partial charge is 0.497 e. The van der Waals surface area contributed by atoms with Gasteiger partial charge < -0.3 is 9.64 Å².